The van der Waals surface area contributed by atoms with E-state index in [1.54, 1.807) is 0 Å². The van der Waals surface area contributed by atoms with E-state index in [9.17, 15) is 10.2 Å². The van der Waals surface area contributed by atoms with Crippen molar-refractivity contribution in [3.63, 3.8) is 0 Å². The Balaban J connectivity index is 1.55. The van der Waals surface area contributed by atoms with Crippen LogP contribution in [0.25, 0.3) is 0 Å². The monoisotopic (exact) mass is 306 g/mol. The fourth-order valence-electron chi connectivity index (χ4n) is 3.38. The summed E-state index contributed by atoms with van der Waals surface area (Å²) in [5.74, 6) is 1.53. The molecule has 2 saturated carbocycles. The van der Waals surface area contributed by atoms with E-state index >= 15 is 0 Å². The van der Waals surface area contributed by atoms with Gasteiger partial charge in [0.25, 0.3) is 0 Å². The first-order chi connectivity index (χ1) is 10.7. The molecule has 4 nitrogen and oxygen atoms in total. The first-order valence-corrected chi connectivity index (χ1v) is 8.52. The number of hydrogen-bond acceptors (Lipinski definition) is 4. The molecule has 2 aliphatic rings. The summed E-state index contributed by atoms with van der Waals surface area (Å²) in [5, 5.41) is 19.9. The van der Waals surface area contributed by atoms with Crippen LogP contribution in [0.4, 0.5) is 0 Å². The topological polar surface area (TPSA) is 58.9 Å². The van der Waals surface area contributed by atoms with E-state index in [2.05, 4.69) is 0 Å². The highest BCUT2D eigenvalue weighted by Gasteiger charge is 2.26. The summed E-state index contributed by atoms with van der Waals surface area (Å²) in [7, 11) is 0. The molecule has 0 bridgehead atoms. The van der Waals surface area contributed by atoms with Crippen LogP contribution in [0.15, 0.2) is 24.3 Å². The molecule has 1 aromatic rings. The van der Waals surface area contributed by atoms with Crippen LogP contribution < -0.4 is 9.47 Å². The van der Waals surface area contributed by atoms with Crippen molar-refractivity contribution < 1.29 is 19.7 Å². The number of hydrogen-bond donors (Lipinski definition) is 2. The summed E-state index contributed by atoms with van der Waals surface area (Å²) in [4.78, 5) is 0. The molecule has 22 heavy (non-hydrogen) atoms. The predicted octanol–water partition coefficient (Wildman–Crippen LogP) is 3.05. The molecule has 1 aromatic carbocycles. The molecule has 4 unspecified atom stereocenters. The van der Waals surface area contributed by atoms with E-state index in [-0.39, 0.29) is 24.4 Å². The Morgan fingerprint density at radius 2 is 1.00 bits per heavy atom. The molecule has 4 atom stereocenters. The summed E-state index contributed by atoms with van der Waals surface area (Å²) in [6.07, 6.45) is 6.95. The third-order valence-electron chi connectivity index (χ3n) is 4.73. The molecule has 122 valence electrons. The number of ether oxygens (including phenoxy) is 2. The molecule has 2 fully saturated rings. The quantitative estimate of drug-likeness (QED) is 0.897. The second kappa shape index (κ2) is 7.34. The number of aliphatic hydroxyl groups is 2. The second-order valence-electron chi connectivity index (χ2n) is 6.49. The molecule has 2 aliphatic carbocycles. The van der Waals surface area contributed by atoms with Crippen molar-refractivity contribution in [1.82, 2.24) is 0 Å². The van der Waals surface area contributed by atoms with Gasteiger partial charge in [0.2, 0.25) is 0 Å². The zero-order valence-corrected chi connectivity index (χ0v) is 13.0. The van der Waals surface area contributed by atoms with Crippen LogP contribution in [0.5, 0.6) is 11.5 Å². The zero-order valence-electron chi connectivity index (χ0n) is 13.0. The number of aliphatic hydroxyl groups excluding tert-OH is 2. The van der Waals surface area contributed by atoms with Gasteiger partial charge in [0.15, 0.2) is 0 Å². The van der Waals surface area contributed by atoms with Gasteiger partial charge < -0.3 is 19.7 Å². The van der Waals surface area contributed by atoms with Gasteiger partial charge in [-0.3, -0.25) is 0 Å². The van der Waals surface area contributed by atoms with Crippen molar-refractivity contribution in [2.45, 2.75) is 75.8 Å². The Hall–Kier alpha value is -1.26. The molecule has 0 heterocycles. The fourth-order valence-corrected chi connectivity index (χ4v) is 3.38. The maximum atomic E-state index is 9.95. The molecule has 3 rings (SSSR count). The summed E-state index contributed by atoms with van der Waals surface area (Å²) >= 11 is 0. The van der Waals surface area contributed by atoms with Crippen LogP contribution in [-0.2, 0) is 0 Å². The molecule has 0 spiro atoms. The lowest BCUT2D eigenvalue weighted by Gasteiger charge is -2.29. The van der Waals surface area contributed by atoms with E-state index in [1.165, 1.54) is 0 Å². The molecule has 2 N–H and O–H groups in total. The minimum atomic E-state index is -0.359. The number of rotatable bonds is 4. The van der Waals surface area contributed by atoms with E-state index < -0.39 is 0 Å². The van der Waals surface area contributed by atoms with E-state index in [1.807, 2.05) is 24.3 Å². The smallest absolute Gasteiger partial charge is 0.124 e. The summed E-state index contributed by atoms with van der Waals surface area (Å²) in [6, 6.07) is 7.52. The molecular weight excluding hydrogens is 280 g/mol. The van der Waals surface area contributed by atoms with Crippen LogP contribution in [0.1, 0.15) is 51.4 Å². The van der Waals surface area contributed by atoms with E-state index in [4.69, 9.17) is 9.47 Å². The van der Waals surface area contributed by atoms with Crippen molar-refractivity contribution in [1.29, 1.82) is 0 Å². The lowest BCUT2D eigenvalue weighted by atomic mass is 9.95. The highest BCUT2D eigenvalue weighted by molar-refractivity contribution is 5.31. The van der Waals surface area contributed by atoms with Crippen LogP contribution >= 0.6 is 0 Å². The van der Waals surface area contributed by atoms with Crippen LogP contribution in [0.3, 0.4) is 0 Å². The number of benzene rings is 1. The van der Waals surface area contributed by atoms with Crippen molar-refractivity contribution in [2.24, 2.45) is 0 Å². The highest BCUT2D eigenvalue weighted by Crippen LogP contribution is 2.27. The van der Waals surface area contributed by atoms with Crippen LogP contribution in [0.2, 0.25) is 0 Å². The Bertz CT molecular complexity index is 416. The zero-order chi connectivity index (χ0) is 15.4. The minimum absolute atomic E-state index is 0.0966. The minimum Gasteiger partial charge on any atom is -0.488 e. The Morgan fingerprint density at radius 1 is 0.636 bits per heavy atom. The maximum absolute atomic E-state index is 9.95. The molecule has 0 amide bonds. The van der Waals surface area contributed by atoms with Gasteiger partial charge in [-0.15, -0.1) is 0 Å². The van der Waals surface area contributed by atoms with Gasteiger partial charge in [-0.25, -0.2) is 0 Å². The van der Waals surface area contributed by atoms with Gasteiger partial charge >= 0.3 is 0 Å². The summed E-state index contributed by atoms with van der Waals surface area (Å²) < 4.78 is 11.8. The van der Waals surface area contributed by atoms with Crippen LogP contribution in [0, 0.1) is 0 Å². The normalized spacial score (nSPS) is 32.5. The van der Waals surface area contributed by atoms with Crippen molar-refractivity contribution in [3.8, 4) is 11.5 Å². The standard InChI is InChI=1S/C18H26O4/c19-15-5-1-3-7-17(15)21-13-9-11-14(12-10-13)22-18-8-4-2-6-16(18)20/h9-12,15-20H,1-8H2. The van der Waals surface area contributed by atoms with Crippen LogP contribution in [-0.4, -0.2) is 34.6 Å². The fraction of sp³-hybridized carbons (Fsp3) is 0.667. The maximum Gasteiger partial charge on any atom is 0.124 e. The van der Waals surface area contributed by atoms with Crippen molar-refractivity contribution in [2.75, 3.05) is 0 Å². The van der Waals surface area contributed by atoms with Gasteiger partial charge in [-0.2, -0.15) is 0 Å². The molecule has 0 saturated heterocycles. The molecule has 0 aliphatic heterocycles. The van der Waals surface area contributed by atoms with Gasteiger partial charge in [-0.1, -0.05) is 12.8 Å². The van der Waals surface area contributed by atoms with Gasteiger partial charge in [0.1, 0.15) is 23.7 Å². The predicted molar refractivity (Wildman–Crippen MR) is 84.2 cm³/mol. The lowest BCUT2D eigenvalue weighted by molar-refractivity contribution is 0.00499. The van der Waals surface area contributed by atoms with Crippen molar-refractivity contribution in [3.05, 3.63) is 24.3 Å². The average Bonchev–Trinajstić information content (AvgIpc) is 2.54. The largest absolute Gasteiger partial charge is 0.488 e. The lowest BCUT2D eigenvalue weighted by Crippen LogP contribution is -2.35. The SMILES string of the molecule is OC1CCCCC1Oc1ccc(OC2CCCCC2O)cc1. The van der Waals surface area contributed by atoms with Gasteiger partial charge in [0, 0.05) is 0 Å². The Labute approximate surface area is 132 Å². The Kier molecular flexibility index (Phi) is 5.21. The first-order valence-electron chi connectivity index (χ1n) is 8.52. The molecular formula is C18H26O4. The second-order valence-corrected chi connectivity index (χ2v) is 6.49. The molecule has 4 heteroatoms. The third-order valence-corrected chi connectivity index (χ3v) is 4.73. The molecule has 0 radical (unpaired) electrons. The average molecular weight is 306 g/mol. The highest BCUT2D eigenvalue weighted by atomic mass is 16.5. The Morgan fingerprint density at radius 3 is 1.36 bits per heavy atom. The van der Waals surface area contributed by atoms with E-state index in [0.29, 0.717) is 0 Å². The van der Waals surface area contributed by atoms with E-state index in [0.717, 1.165) is 62.9 Å². The third kappa shape index (κ3) is 3.93. The summed E-state index contributed by atoms with van der Waals surface area (Å²) in [5.41, 5.74) is 0. The molecule has 0 aromatic heterocycles. The van der Waals surface area contributed by atoms with Gasteiger partial charge in [-0.05, 0) is 62.8 Å². The van der Waals surface area contributed by atoms with Gasteiger partial charge in [0.05, 0.1) is 12.2 Å². The summed E-state index contributed by atoms with van der Waals surface area (Å²) in [6.45, 7) is 0. The first kappa shape index (κ1) is 15.6. The van der Waals surface area contributed by atoms with Crippen molar-refractivity contribution >= 4 is 0 Å².